The number of alkyl halides is 2. The van der Waals surface area contributed by atoms with Crippen LogP contribution >= 0.6 is 23.4 Å². The summed E-state index contributed by atoms with van der Waals surface area (Å²) in [7, 11) is 0. The molecule has 0 aliphatic carbocycles. The van der Waals surface area contributed by atoms with E-state index < -0.39 is 17.5 Å². The normalized spacial score (nSPS) is 10.7. The summed E-state index contributed by atoms with van der Waals surface area (Å²) in [6.07, 6.45) is 0. The topological polar surface area (TPSA) is 29.1 Å². The first-order chi connectivity index (χ1) is 9.99. The highest BCUT2D eigenvalue weighted by atomic mass is 35.5. The van der Waals surface area contributed by atoms with E-state index in [1.807, 2.05) is 0 Å². The van der Waals surface area contributed by atoms with Crippen molar-refractivity contribution in [3.8, 4) is 0 Å². The van der Waals surface area contributed by atoms with Crippen molar-refractivity contribution in [2.24, 2.45) is 0 Å². The SMILES string of the molecule is O=C(Nc1cccc(Cl)c1SC(F)F)c1ccccc1F. The van der Waals surface area contributed by atoms with Crippen molar-refractivity contribution in [3.05, 3.63) is 58.9 Å². The number of anilines is 1. The predicted molar refractivity (Wildman–Crippen MR) is 77.7 cm³/mol. The molecule has 0 fully saturated rings. The lowest BCUT2D eigenvalue weighted by Crippen LogP contribution is -2.14. The fourth-order valence-electron chi connectivity index (χ4n) is 1.65. The van der Waals surface area contributed by atoms with Crippen LogP contribution in [-0.4, -0.2) is 11.7 Å². The van der Waals surface area contributed by atoms with Gasteiger partial charge < -0.3 is 5.32 Å². The zero-order valence-electron chi connectivity index (χ0n) is 10.4. The third-order valence-corrected chi connectivity index (χ3v) is 3.82. The molecule has 1 N–H and O–H groups in total. The molecule has 0 saturated carbocycles. The molecule has 2 rings (SSSR count). The molecule has 0 aliphatic heterocycles. The van der Waals surface area contributed by atoms with Crippen molar-refractivity contribution in [2.45, 2.75) is 10.7 Å². The highest BCUT2D eigenvalue weighted by Gasteiger charge is 2.17. The van der Waals surface area contributed by atoms with Gasteiger partial charge in [0.2, 0.25) is 0 Å². The van der Waals surface area contributed by atoms with Gasteiger partial charge in [-0.15, -0.1) is 0 Å². The first kappa shape index (κ1) is 15.7. The zero-order chi connectivity index (χ0) is 15.4. The molecule has 1 amide bonds. The van der Waals surface area contributed by atoms with Crippen LogP contribution in [0.2, 0.25) is 5.02 Å². The maximum Gasteiger partial charge on any atom is 0.289 e. The summed E-state index contributed by atoms with van der Waals surface area (Å²) >= 11 is 6.07. The molecule has 0 spiro atoms. The van der Waals surface area contributed by atoms with Crippen molar-refractivity contribution < 1.29 is 18.0 Å². The summed E-state index contributed by atoms with van der Waals surface area (Å²) in [5, 5.41) is 2.49. The van der Waals surface area contributed by atoms with E-state index in [-0.39, 0.29) is 32.9 Å². The number of amides is 1. The summed E-state index contributed by atoms with van der Waals surface area (Å²) < 4.78 is 38.6. The number of hydrogen-bond acceptors (Lipinski definition) is 2. The quantitative estimate of drug-likeness (QED) is 0.795. The molecule has 0 atom stereocenters. The van der Waals surface area contributed by atoms with Crippen molar-refractivity contribution in [2.75, 3.05) is 5.32 Å². The summed E-state index contributed by atoms with van der Waals surface area (Å²) in [5.41, 5.74) is -0.0634. The average Bonchev–Trinajstić information content (AvgIpc) is 2.42. The van der Waals surface area contributed by atoms with Crippen LogP contribution in [0.4, 0.5) is 18.9 Å². The minimum absolute atomic E-state index is 0.0406. The molecule has 0 radical (unpaired) electrons. The van der Waals surface area contributed by atoms with Crippen LogP contribution < -0.4 is 5.32 Å². The van der Waals surface area contributed by atoms with Crippen molar-refractivity contribution in [1.29, 1.82) is 0 Å². The molecule has 0 unspecified atom stereocenters. The van der Waals surface area contributed by atoms with Crippen LogP contribution in [-0.2, 0) is 0 Å². The molecular weight excluding hydrogens is 323 g/mol. The van der Waals surface area contributed by atoms with E-state index in [1.54, 1.807) is 0 Å². The third-order valence-electron chi connectivity index (χ3n) is 2.54. The van der Waals surface area contributed by atoms with Gasteiger partial charge in [-0.2, -0.15) is 8.78 Å². The second-order valence-electron chi connectivity index (χ2n) is 3.93. The Balaban J connectivity index is 2.29. The van der Waals surface area contributed by atoms with Crippen molar-refractivity contribution in [3.63, 3.8) is 0 Å². The molecule has 21 heavy (non-hydrogen) atoms. The molecule has 0 bridgehead atoms. The fourth-order valence-corrected chi connectivity index (χ4v) is 2.56. The molecule has 0 saturated heterocycles. The minimum Gasteiger partial charge on any atom is -0.321 e. The van der Waals surface area contributed by atoms with Gasteiger partial charge in [-0.05, 0) is 24.3 Å². The molecule has 110 valence electrons. The maximum absolute atomic E-state index is 13.5. The first-order valence-electron chi connectivity index (χ1n) is 5.78. The van der Waals surface area contributed by atoms with Crippen LogP contribution in [0, 0.1) is 5.82 Å². The first-order valence-corrected chi connectivity index (χ1v) is 7.04. The molecular formula is C14H9ClF3NOS. The Morgan fingerprint density at radius 3 is 2.52 bits per heavy atom. The van der Waals surface area contributed by atoms with E-state index in [9.17, 15) is 18.0 Å². The molecule has 2 aromatic rings. The number of benzene rings is 2. The lowest BCUT2D eigenvalue weighted by molar-refractivity contribution is 0.102. The monoisotopic (exact) mass is 331 g/mol. The van der Waals surface area contributed by atoms with E-state index in [0.29, 0.717) is 0 Å². The largest absolute Gasteiger partial charge is 0.321 e. The van der Waals surface area contributed by atoms with Crippen LogP contribution in [0.25, 0.3) is 0 Å². The average molecular weight is 332 g/mol. The number of nitrogens with one attached hydrogen (secondary N) is 1. The van der Waals surface area contributed by atoms with Gasteiger partial charge in [-0.25, -0.2) is 4.39 Å². The Bertz CT molecular complexity index is 666. The number of rotatable bonds is 4. The van der Waals surface area contributed by atoms with Gasteiger partial charge in [0.05, 0.1) is 21.2 Å². The highest BCUT2D eigenvalue weighted by Crippen LogP contribution is 2.37. The Morgan fingerprint density at radius 2 is 1.86 bits per heavy atom. The van der Waals surface area contributed by atoms with Gasteiger partial charge in [-0.3, -0.25) is 4.79 Å². The number of halogens is 4. The van der Waals surface area contributed by atoms with E-state index >= 15 is 0 Å². The Hall–Kier alpha value is -1.66. The maximum atomic E-state index is 13.5. The zero-order valence-corrected chi connectivity index (χ0v) is 12.0. The Kier molecular flexibility index (Phi) is 5.14. The van der Waals surface area contributed by atoms with E-state index in [1.165, 1.54) is 36.4 Å². The third kappa shape index (κ3) is 3.92. The molecule has 7 heteroatoms. The van der Waals surface area contributed by atoms with Gasteiger partial charge in [0.25, 0.3) is 11.7 Å². The second kappa shape index (κ2) is 6.87. The van der Waals surface area contributed by atoms with Gasteiger partial charge in [0, 0.05) is 0 Å². The summed E-state index contributed by atoms with van der Waals surface area (Å²) in [6, 6.07) is 9.76. The number of hydrogen-bond donors (Lipinski definition) is 1. The molecule has 0 heterocycles. The number of carbonyl (C=O) groups is 1. The van der Waals surface area contributed by atoms with E-state index in [2.05, 4.69) is 5.32 Å². The van der Waals surface area contributed by atoms with Crippen LogP contribution in [0.1, 0.15) is 10.4 Å². The number of thioether (sulfide) groups is 1. The Morgan fingerprint density at radius 1 is 1.14 bits per heavy atom. The lowest BCUT2D eigenvalue weighted by Gasteiger charge is -2.12. The van der Waals surface area contributed by atoms with Gasteiger partial charge in [-0.1, -0.05) is 41.6 Å². The van der Waals surface area contributed by atoms with Gasteiger partial charge >= 0.3 is 0 Å². The van der Waals surface area contributed by atoms with E-state index in [4.69, 9.17) is 11.6 Å². The van der Waals surface area contributed by atoms with Gasteiger partial charge in [0.15, 0.2) is 0 Å². The molecule has 0 aliphatic rings. The lowest BCUT2D eigenvalue weighted by atomic mass is 10.2. The highest BCUT2D eigenvalue weighted by molar-refractivity contribution is 7.99. The fraction of sp³-hybridized carbons (Fsp3) is 0.0714. The molecule has 2 aromatic carbocycles. The van der Waals surface area contributed by atoms with Crippen LogP contribution in [0.5, 0.6) is 0 Å². The van der Waals surface area contributed by atoms with E-state index in [0.717, 1.165) is 6.07 Å². The Labute approximate surface area is 128 Å². The van der Waals surface area contributed by atoms with Crippen molar-refractivity contribution >= 4 is 35.0 Å². The summed E-state index contributed by atoms with van der Waals surface area (Å²) in [6.45, 7) is 0. The minimum atomic E-state index is -2.69. The van der Waals surface area contributed by atoms with Crippen LogP contribution in [0.3, 0.4) is 0 Å². The second-order valence-corrected chi connectivity index (χ2v) is 5.34. The van der Waals surface area contributed by atoms with Gasteiger partial charge in [0.1, 0.15) is 5.82 Å². The van der Waals surface area contributed by atoms with Crippen molar-refractivity contribution in [1.82, 2.24) is 0 Å². The molecule has 2 nitrogen and oxygen atoms in total. The standard InChI is InChI=1S/C14H9ClF3NOS/c15-9-5-3-7-11(12(9)21-14(17)18)19-13(20)8-4-1-2-6-10(8)16/h1-7,14H,(H,19,20). The predicted octanol–water partition coefficient (Wildman–Crippen LogP) is 5.05. The van der Waals surface area contributed by atoms with Crippen LogP contribution in [0.15, 0.2) is 47.4 Å². The smallest absolute Gasteiger partial charge is 0.289 e. The molecule has 0 aromatic heterocycles. The number of carbonyl (C=O) groups excluding carboxylic acids is 1. The summed E-state index contributed by atoms with van der Waals surface area (Å²) in [4.78, 5) is 12.0. The summed E-state index contributed by atoms with van der Waals surface area (Å²) in [5.74, 6) is -4.11.